The molecule has 24 heavy (non-hydrogen) atoms. The molecule has 0 aromatic heterocycles. The van der Waals surface area contributed by atoms with E-state index in [1.54, 1.807) is 55.6 Å². The molecule has 0 saturated carbocycles. The first-order chi connectivity index (χ1) is 11.2. The van der Waals surface area contributed by atoms with Crippen molar-refractivity contribution < 1.29 is 17.9 Å². The fourth-order valence-electron chi connectivity index (χ4n) is 2.16. The predicted octanol–water partition coefficient (Wildman–Crippen LogP) is 5.97. The van der Waals surface area contributed by atoms with E-state index in [2.05, 4.69) is 0 Å². The maximum atomic E-state index is 15.0. The number of benzene rings is 2. The van der Waals surface area contributed by atoms with E-state index in [9.17, 15) is 0 Å². The maximum absolute atomic E-state index is 15.0. The fraction of sp³-hybridized carbons (Fsp3) is 0.333. The van der Waals surface area contributed by atoms with E-state index in [0.29, 0.717) is 28.0 Å². The molecule has 0 spiro atoms. The predicted molar refractivity (Wildman–Crippen MR) is 97.4 cm³/mol. The summed E-state index contributed by atoms with van der Waals surface area (Å²) in [5, 5.41) is -3.09. The van der Waals surface area contributed by atoms with Crippen LogP contribution in [-0.2, 0) is 4.43 Å². The zero-order valence-corrected chi connectivity index (χ0v) is 16.1. The lowest BCUT2D eigenvalue weighted by Crippen LogP contribution is -2.35. The van der Waals surface area contributed by atoms with Crippen LogP contribution in [0, 0.1) is 0 Å². The quantitative estimate of drug-likeness (QED) is 0.443. The summed E-state index contributed by atoms with van der Waals surface area (Å²) in [6.07, 6.45) is -1.31. The van der Waals surface area contributed by atoms with Gasteiger partial charge in [0.15, 0.2) is 8.32 Å². The van der Waals surface area contributed by atoms with E-state index in [-0.39, 0.29) is 0 Å². The van der Waals surface area contributed by atoms with E-state index in [4.69, 9.17) is 9.16 Å². The Balaban J connectivity index is 2.33. The minimum absolute atomic E-state index is 0.451. The third kappa shape index (κ3) is 5.33. The van der Waals surface area contributed by atoms with Crippen LogP contribution >= 0.6 is 11.8 Å². The monoisotopic (exact) mass is 368 g/mol. The topological polar surface area (TPSA) is 18.5 Å². The highest BCUT2D eigenvalue weighted by atomic mass is 32.2. The molecule has 0 aliphatic rings. The highest BCUT2D eigenvalue weighted by molar-refractivity contribution is 8.00. The molecule has 0 saturated heterocycles. The Morgan fingerprint density at radius 1 is 0.958 bits per heavy atom. The van der Waals surface area contributed by atoms with Crippen molar-refractivity contribution >= 4 is 20.1 Å². The summed E-state index contributed by atoms with van der Waals surface area (Å²) in [6, 6.07) is 15.3. The molecule has 0 aliphatic heterocycles. The molecular weight excluding hydrogens is 346 g/mol. The van der Waals surface area contributed by atoms with Gasteiger partial charge in [-0.3, -0.25) is 0 Å². The van der Waals surface area contributed by atoms with Gasteiger partial charge in [0, 0.05) is 4.90 Å². The molecule has 2 nitrogen and oxygen atoms in total. The van der Waals surface area contributed by atoms with Gasteiger partial charge in [-0.1, -0.05) is 30.3 Å². The van der Waals surface area contributed by atoms with Crippen LogP contribution in [0.2, 0.25) is 19.6 Å². The highest BCUT2D eigenvalue weighted by Gasteiger charge is 2.44. The van der Waals surface area contributed by atoms with Crippen LogP contribution in [0.1, 0.15) is 11.7 Å². The Labute approximate surface area is 147 Å². The summed E-state index contributed by atoms with van der Waals surface area (Å²) >= 11 is 0.532. The number of alkyl halides is 2. The second-order valence-electron chi connectivity index (χ2n) is 6.36. The van der Waals surface area contributed by atoms with Gasteiger partial charge in [0.05, 0.1) is 7.11 Å². The Bertz CT molecular complexity index is 642. The van der Waals surface area contributed by atoms with E-state index in [0.717, 1.165) is 0 Å². The first kappa shape index (κ1) is 19.0. The SMILES string of the molecule is COc1ccc(C(O[Si](C)(C)C)C(F)(F)Sc2ccccc2)cc1. The van der Waals surface area contributed by atoms with Crippen molar-refractivity contribution in [2.75, 3.05) is 7.11 Å². The van der Waals surface area contributed by atoms with Crippen molar-refractivity contribution in [1.82, 2.24) is 0 Å². The van der Waals surface area contributed by atoms with E-state index >= 15 is 8.78 Å². The molecule has 2 aromatic rings. The molecule has 2 aromatic carbocycles. The molecule has 0 aliphatic carbocycles. The molecule has 0 heterocycles. The molecule has 130 valence electrons. The second-order valence-corrected chi connectivity index (χ2v) is 12.0. The third-order valence-corrected chi connectivity index (χ3v) is 5.13. The smallest absolute Gasteiger partial charge is 0.326 e. The molecule has 0 N–H and O–H groups in total. The van der Waals surface area contributed by atoms with Crippen LogP contribution in [-0.4, -0.2) is 20.7 Å². The van der Waals surface area contributed by atoms with Crippen LogP contribution < -0.4 is 4.74 Å². The van der Waals surface area contributed by atoms with Gasteiger partial charge in [-0.25, -0.2) is 0 Å². The van der Waals surface area contributed by atoms with E-state index < -0.39 is 19.7 Å². The molecule has 1 atom stereocenters. The summed E-state index contributed by atoms with van der Waals surface area (Å²) in [5.41, 5.74) is 0.451. The van der Waals surface area contributed by atoms with Gasteiger partial charge in [0.1, 0.15) is 11.9 Å². The normalized spacial score (nSPS) is 13.6. The zero-order chi connectivity index (χ0) is 17.8. The van der Waals surface area contributed by atoms with Crippen LogP contribution in [0.5, 0.6) is 5.75 Å². The highest BCUT2D eigenvalue weighted by Crippen LogP contribution is 2.47. The van der Waals surface area contributed by atoms with Crippen LogP contribution in [0.15, 0.2) is 59.5 Å². The van der Waals surface area contributed by atoms with Crippen molar-refractivity contribution in [3.05, 3.63) is 60.2 Å². The minimum Gasteiger partial charge on any atom is -0.497 e. The lowest BCUT2D eigenvalue weighted by molar-refractivity contribution is -0.0249. The molecule has 1 unspecified atom stereocenters. The molecule has 0 amide bonds. The average Bonchev–Trinajstić information content (AvgIpc) is 2.52. The average molecular weight is 369 g/mol. The number of ether oxygens (including phenoxy) is 1. The maximum Gasteiger partial charge on any atom is 0.326 e. The third-order valence-electron chi connectivity index (χ3n) is 3.19. The standard InChI is InChI=1S/C18H22F2O2SSi/c1-21-15-12-10-14(11-13-15)17(22-24(2,3)4)18(19,20)23-16-8-6-5-7-9-16/h5-13,17H,1-4H3. The zero-order valence-electron chi connectivity index (χ0n) is 14.3. The summed E-state index contributed by atoms with van der Waals surface area (Å²) in [7, 11) is -0.630. The molecular formula is C18H22F2O2SSi. The van der Waals surface area contributed by atoms with Gasteiger partial charge >= 0.3 is 5.25 Å². The minimum atomic E-state index is -3.09. The van der Waals surface area contributed by atoms with Gasteiger partial charge in [0.2, 0.25) is 0 Å². The van der Waals surface area contributed by atoms with Crippen molar-refractivity contribution in [1.29, 1.82) is 0 Å². The van der Waals surface area contributed by atoms with Gasteiger partial charge in [-0.15, -0.1) is 0 Å². The van der Waals surface area contributed by atoms with E-state index in [1.165, 1.54) is 0 Å². The summed E-state index contributed by atoms with van der Waals surface area (Å²) in [6.45, 7) is 5.73. The van der Waals surface area contributed by atoms with Crippen LogP contribution in [0.4, 0.5) is 8.78 Å². The Kier molecular flexibility index (Phi) is 6.06. The Morgan fingerprint density at radius 2 is 1.54 bits per heavy atom. The van der Waals surface area contributed by atoms with Gasteiger partial charge < -0.3 is 9.16 Å². The number of halogens is 2. The Hall–Kier alpha value is -1.37. The lowest BCUT2D eigenvalue weighted by Gasteiger charge is -2.32. The van der Waals surface area contributed by atoms with Gasteiger partial charge in [0.25, 0.3) is 0 Å². The molecule has 0 radical (unpaired) electrons. The molecule has 6 heteroatoms. The van der Waals surface area contributed by atoms with Crippen molar-refractivity contribution in [3.8, 4) is 5.75 Å². The van der Waals surface area contributed by atoms with Crippen LogP contribution in [0.3, 0.4) is 0 Å². The van der Waals surface area contributed by atoms with Gasteiger partial charge in [-0.05, 0) is 61.2 Å². The van der Waals surface area contributed by atoms with Crippen molar-refractivity contribution in [2.45, 2.75) is 35.9 Å². The Morgan fingerprint density at radius 3 is 2.04 bits per heavy atom. The number of thioether (sulfide) groups is 1. The molecule has 2 rings (SSSR count). The second kappa shape index (κ2) is 7.67. The lowest BCUT2D eigenvalue weighted by atomic mass is 10.1. The first-order valence-electron chi connectivity index (χ1n) is 7.65. The fourth-order valence-corrected chi connectivity index (χ4v) is 4.14. The van der Waals surface area contributed by atoms with Crippen LogP contribution in [0.25, 0.3) is 0 Å². The first-order valence-corrected chi connectivity index (χ1v) is 11.9. The summed E-state index contributed by atoms with van der Waals surface area (Å²) in [4.78, 5) is 0.514. The van der Waals surface area contributed by atoms with Crippen molar-refractivity contribution in [3.63, 3.8) is 0 Å². The van der Waals surface area contributed by atoms with E-state index in [1.807, 2.05) is 25.7 Å². The number of rotatable bonds is 7. The summed E-state index contributed by atoms with van der Waals surface area (Å²) in [5.74, 6) is 0.629. The number of hydrogen-bond acceptors (Lipinski definition) is 3. The largest absolute Gasteiger partial charge is 0.497 e. The molecule has 0 fully saturated rings. The summed E-state index contributed by atoms with van der Waals surface area (Å²) < 4.78 is 41.0. The van der Waals surface area contributed by atoms with Gasteiger partial charge in [-0.2, -0.15) is 8.78 Å². The number of hydrogen-bond donors (Lipinski definition) is 0. The number of methoxy groups -OCH3 is 1. The molecule has 0 bridgehead atoms. The van der Waals surface area contributed by atoms with Crippen molar-refractivity contribution in [2.24, 2.45) is 0 Å².